The molecule has 0 saturated carbocycles. The third-order valence-electron chi connectivity index (χ3n) is 2.46. The van der Waals surface area contributed by atoms with E-state index in [-0.39, 0.29) is 10.6 Å². The summed E-state index contributed by atoms with van der Waals surface area (Å²) >= 11 is 3.26. The van der Waals surface area contributed by atoms with Gasteiger partial charge in [0.15, 0.2) is 9.84 Å². The Hall–Kier alpha value is -1.47. The molecule has 100 valence electrons. The highest BCUT2D eigenvalue weighted by Gasteiger charge is 2.20. The van der Waals surface area contributed by atoms with Crippen molar-refractivity contribution in [3.8, 4) is 5.75 Å². The first kappa shape index (κ1) is 14.0. The summed E-state index contributed by atoms with van der Waals surface area (Å²) in [5.74, 6) is 0.181. The van der Waals surface area contributed by atoms with Crippen LogP contribution in [0.15, 0.2) is 46.0 Å². The fourth-order valence-electron chi connectivity index (χ4n) is 1.59. The van der Waals surface area contributed by atoms with E-state index in [9.17, 15) is 8.42 Å². The number of rotatable bonds is 4. The molecule has 5 nitrogen and oxygen atoms in total. The van der Waals surface area contributed by atoms with Crippen molar-refractivity contribution in [2.24, 2.45) is 0 Å². The number of sulfone groups is 1. The van der Waals surface area contributed by atoms with Gasteiger partial charge in [0, 0.05) is 10.7 Å². The van der Waals surface area contributed by atoms with Gasteiger partial charge in [-0.15, -0.1) is 0 Å². The van der Waals surface area contributed by atoms with E-state index < -0.39 is 9.84 Å². The molecule has 2 rings (SSSR count). The lowest BCUT2D eigenvalue weighted by atomic mass is 10.3. The van der Waals surface area contributed by atoms with E-state index in [1.807, 2.05) is 0 Å². The summed E-state index contributed by atoms with van der Waals surface area (Å²) < 4.78 is 30.5. The molecule has 1 heterocycles. The Morgan fingerprint density at radius 3 is 2.68 bits per heavy atom. The van der Waals surface area contributed by atoms with Crippen LogP contribution in [0.2, 0.25) is 0 Å². The summed E-state index contributed by atoms with van der Waals surface area (Å²) in [6.07, 6.45) is 2.89. The standard InChI is InChI=1S/C12H11BrN2O3S/c1-18-11-3-2-10(13)6-12(11)19(16,17)8-9-4-5-14-15-7-9/h2-7H,8H2,1H3. The minimum atomic E-state index is -3.50. The van der Waals surface area contributed by atoms with E-state index >= 15 is 0 Å². The van der Waals surface area contributed by atoms with Crippen LogP contribution in [0.5, 0.6) is 5.75 Å². The Kier molecular flexibility index (Phi) is 4.16. The van der Waals surface area contributed by atoms with Crippen LogP contribution in [0.1, 0.15) is 5.56 Å². The first-order valence-electron chi connectivity index (χ1n) is 5.35. The Balaban J connectivity index is 2.42. The third kappa shape index (κ3) is 3.30. The van der Waals surface area contributed by atoms with Gasteiger partial charge >= 0.3 is 0 Å². The van der Waals surface area contributed by atoms with Crippen molar-refractivity contribution in [1.29, 1.82) is 0 Å². The Labute approximate surface area is 119 Å². The summed E-state index contributed by atoms with van der Waals surface area (Å²) in [4.78, 5) is 0.154. The van der Waals surface area contributed by atoms with Crippen molar-refractivity contribution < 1.29 is 13.2 Å². The van der Waals surface area contributed by atoms with Gasteiger partial charge in [0.1, 0.15) is 10.6 Å². The predicted octanol–water partition coefficient (Wildman–Crippen LogP) is 2.22. The number of ether oxygens (including phenoxy) is 1. The second kappa shape index (κ2) is 5.66. The van der Waals surface area contributed by atoms with Gasteiger partial charge in [-0.05, 0) is 29.8 Å². The van der Waals surface area contributed by atoms with Crippen molar-refractivity contribution in [3.63, 3.8) is 0 Å². The number of hydrogen-bond acceptors (Lipinski definition) is 5. The van der Waals surface area contributed by atoms with Crippen LogP contribution >= 0.6 is 15.9 Å². The summed E-state index contributed by atoms with van der Waals surface area (Å²) in [6, 6.07) is 6.49. The van der Waals surface area contributed by atoms with Crippen LogP contribution in [-0.2, 0) is 15.6 Å². The van der Waals surface area contributed by atoms with E-state index in [0.29, 0.717) is 15.8 Å². The normalized spacial score (nSPS) is 11.3. The number of aromatic nitrogens is 2. The topological polar surface area (TPSA) is 69.2 Å². The zero-order valence-electron chi connectivity index (χ0n) is 10.1. The van der Waals surface area contributed by atoms with E-state index in [1.54, 1.807) is 18.2 Å². The van der Waals surface area contributed by atoms with Gasteiger partial charge in [-0.2, -0.15) is 10.2 Å². The number of benzene rings is 1. The SMILES string of the molecule is COc1ccc(Br)cc1S(=O)(=O)Cc1ccnnc1. The van der Waals surface area contributed by atoms with Crippen molar-refractivity contribution in [1.82, 2.24) is 10.2 Å². The van der Waals surface area contributed by atoms with Crippen molar-refractivity contribution in [2.45, 2.75) is 10.6 Å². The highest BCUT2D eigenvalue weighted by molar-refractivity contribution is 9.10. The van der Waals surface area contributed by atoms with Crippen molar-refractivity contribution >= 4 is 25.8 Å². The minimum absolute atomic E-state index is 0.144. The summed E-state index contributed by atoms with van der Waals surface area (Å²) in [5.41, 5.74) is 0.581. The molecule has 0 N–H and O–H groups in total. The average Bonchev–Trinajstić information content (AvgIpc) is 2.39. The molecule has 7 heteroatoms. The van der Waals surface area contributed by atoms with Gasteiger partial charge < -0.3 is 4.74 Å². The molecule has 19 heavy (non-hydrogen) atoms. The largest absolute Gasteiger partial charge is 0.495 e. The van der Waals surface area contributed by atoms with Crippen LogP contribution < -0.4 is 4.74 Å². The van der Waals surface area contributed by atoms with Crippen LogP contribution in [0, 0.1) is 0 Å². The third-order valence-corrected chi connectivity index (χ3v) is 4.66. The Morgan fingerprint density at radius 2 is 2.05 bits per heavy atom. The first-order chi connectivity index (χ1) is 9.03. The number of nitrogens with zero attached hydrogens (tertiary/aromatic N) is 2. The molecule has 0 aliphatic carbocycles. The maximum atomic E-state index is 12.4. The van der Waals surface area contributed by atoms with Gasteiger partial charge in [0.2, 0.25) is 0 Å². The molecule has 2 aromatic rings. The zero-order valence-corrected chi connectivity index (χ0v) is 12.5. The second-order valence-electron chi connectivity index (χ2n) is 3.80. The van der Waals surface area contributed by atoms with Crippen LogP contribution in [0.3, 0.4) is 0 Å². The molecule has 0 atom stereocenters. The molecule has 1 aromatic heterocycles. The van der Waals surface area contributed by atoms with E-state index in [2.05, 4.69) is 26.1 Å². The Morgan fingerprint density at radius 1 is 1.26 bits per heavy atom. The fourth-order valence-corrected chi connectivity index (χ4v) is 3.64. The fraction of sp³-hybridized carbons (Fsp3) is 0.167. The molecular weight excluding hydrogens is 332 g/mol. The molecule has 0 saturated heterocycles. The van der Waals surface area contributed by atoms with Crippen molar-refractivity contribution in [2.75, 3.05) is 7.11 Å². The molecule has 1 aromatic carbocycles. The summed E-state index contributed by atoms with van der Waals surface area (Å²) in [7, 11) is -2.06. The lowest BCUT2D eigenvalue weighted by Crippen LogP contribution is -2.07. The summed E-state index contributed by atoms with van der Waals surface area (Å²) in [5, 5.41) is 7.29. The maximum absolute atomic E-state index is 12.4. The molecule has 0 spiro atoms. The summed E-state index contributed by atoms with van der Waals surface area (Å²) in [6.45, 7) is 0. The first-order valence-corrected chi connectivity index (χ1v) is 7.79. The molecular formula is C12H11BrN2O3S. The van der Waals surface area contributed by atoms with Crippen LogP contribution in [-0.4, -0.2) is 25.7 Å². The maximum Gasteiger partial charge on any atom is 0.186 e. The quantitative estimate of drug-likeness (QED) is 0.851. The average molecular weight is 343 g/mol. The highest BCUT2D eigenvalue weighted by Crippen LogP contribution is 2.29. The monoisotopic (exact) mass is 342 g/mol. The second-order valence-corrected chi connectivity index (χ2v) is 6.68. The van der Waals surface area contributed by atoms with Crippen molar-refractivity contribution in [3.05, 3.63) is 46.7 Å². The predicted molar refractivity (Wildman–Crippen MR) is 73.6 cm³/mol. The molecule has 0 radical (unpaired) electrons. The van der Waals surface area contributed by atoms with Crippen LogP contribution in [0.25, 0.3) is 0 Å². The molecule has 0 unspecified atom stereocenters. The number of methoxy groups -OCH3 is 1. The van der Waals surface area contributed by atoms with E-state index in [4.69, 9.17) is 4.74 Å². The lowest BCUT2D eigenvalue weighted by molar-refractivity contribution is 0.402. The van der Waals surface area contributed by atoms with Gasteiger partial charge in [0.25, 0.3) is 0 Å². The number of halogens is 1. The lowest BCUT2D eigenvalue weighted by Gasteiger charge is -2.09. The molecule has 0 amide bonds. The van der Waals surface area contributed by atoms with Gasteiger partial charge in [-0.3, -0.25) is 0 Å². The molecule has 0 aliphatic rings. The van der Waals surface area contributed by atoms with E-state index in [0.717, 1.165) is 0 Å². The molecule has 0 aliphatic heterocycles. The Bertz CT molecular complexity index is 675. The highest BCUT2D eigenvalue weighted by atomic mass is 79.9. The molecule has 0 fully saturated rings. The van der Waals surface area contributed by atoms with Gasteiger partial charge in [-0.1, -0.05) is 15.9 Å². The molecule has 0 bridgehead atoms. The van der Waals surface area contributed by atoms with Gasteiger partial charge in [0.05, 0.1) is 19.1 Å². The minimum Gasteiger partial charge on any atom is -0.495 e. The van der Waals surface area contributed by atoms with E-state index in [1.165, 1.54) is 25.6 Å². The van der Waals surface area contributed by atoms with Gasteiger partial charge in [-0.25, -0.2) is 8.42 Å². The van der Waals surface area contributed by atoms with Crippen LogP contribution in [0.4, 0.5) is 0 Å². The number of hydrogen-bond donors (Lipinski definition) is 0. The zero-order chi connectivity index (χ0) is 13.9. The smallest absolute Gasteiger partial charge is 0.186 e.